The van der Waals surface area contributed by atoms with Crippen molar-refractivity contribution in [3.8, 4) is 11.6 Å². The van der Waals surface area contributed by atoms with Crippen LogP contribution in [-0.2, 0) is 13.0 Å². The SMILES string of the molecule is CCc1cc2c(Oc3ccccc3CO)nc(N)nc2s1. The molecule has 6 heteroatoms. The van der Waals surface area contributed by atoms with Gasteiger partial charge in [-0.3, -0.25) is 0 Å². The van der Waals surface area contributed by atoms with Gasteiger partial charge in [0.05, 0.1) is 12.0 Å². The molecule has 2 heterocycles. The van der Waals surface area contributed by atoms with Crippen LogP contribution in [0, 0.1) is 0 Å². The lowest BCUT2D eigenvalue weighted by Gasteiger charge is -2.09. The van der Waals surface area contributed by atoms with Gasteiger partial charge in [0.15, 0.2) is 0 Å². The summed E-state index contributed by atoms with van der Waals surface area (Å²) in [6.45, 7) is 1.99. The molecule has 0 spiro atoms. The number of anilines is 1. The van der Waals surface area contributed by atoms with E-state index in [-0.39, 0.29) is 12.6 Å². The fraction of sp³-hybridized carbons (Fsp3) is 0.200. The van der Waals surface area contributed by atoms with E-state index in [4.69, 9.17) is 10.5 Å². The molecule has 1 aromatic carbocycles. The highest BCUT2D eigenvalue weighted by molar-refractivity contribution is 7.18. The molecule has 5 nitrogen and oxygen atoms in total. The van der Waals surface area contributed by atoms with Gasteiger partial charge in [-0.25, -0.2) is 4.98 Å². The zero-order chi connectivity index (χ0) is 14.8. The van der Waals surface area contributed by atoms with Crippen molar-refractivity contribution in [1.29, 1.82) is 0 Å². The lowest BCUT2D eigenvalue weighted by molar-refractivity contribution is 0.276. The highest BCUT2D eigenvalue weighted by Crippen LogP contribution is 2.34. The van der Waals surface area contributed by atoms with Crippen molar-refractivity contribution in [2.24, 2.45) is 0 Å². The minimum Gasteiger partial charge on any atom is -0.438 e. The zero-order valence-electron chi connectivity index (χ0n) is 11.5. The highest BCUT2D eigenvalue weighted by atomic mass is 32.1. The number of hydrogen-bond donors (Lipinski definition) is 2. The lowest BCUT2D eigenvalue weighted by Crippen LogP contribution is -1.98. The minimum absolute atomic E-state index is 0.0935. The molecular formula is C15H15N3O2S. The van der Waals surface area contributed by atoms with Crippen molar-refractivity contribution >= 4 is 27.5 Å². The molecule has 2 aromatic heterocycles. The van der Waals surface area contributed by atoms with Crippen molar-refractivity contribution < 1.29 is 9.84 Å². The zero-order valence-corrected chi connectivity index (χ0v) is 12.4. The molecule has 0 saturated carbocycles. The van der Waals surface area contributed by atoms with Gasteiger partial charge in [-0.05, 0) is 18.6 Å². The Kier molecular flexibility index (Phi) is 3.72. The fourth-order valence-electron chi connectivity index (χ4n) is 2.05. The molecule has 0 aliphatic rings. The summed E-state index contributed by atoms with van der Waals surface area (Å²) in [6, 6.07) is 9.32. The maximum Gasteiger partial charge on any atom is 0.232 e. The number of benzene rings is 1. The van der Waals surface area contributed by atoms with Gasteiger partial charge in [0, 0.05) is 10.4 Å². The molecule has 0 saturated heterocycles. The number of aromatic nitrogens is 2. The smallest absolute Gasteiger partial charge is 0.232 e. The van der Waals surface area contributed by atoms with Crippen LogP contribution in [0.15, 0.2) is 30.3 Å². The van der Waals surface area contributed by atoms with Crippen LogP contribution in [0.3, 0.4) is 0 Å². The van der Waals surface area contributed by atoms with Crippen molar-refractivity contribution in [1.82, 2.24) is 9.97 Å². The topological polar surface area (TPSA) is 81.3 Å². The Bertz CT molecular complexity index is 786. The van der Waals surface area contributed by atoms with Crippen molar-refractivity contribution in [3.05, 3.63) is 40.8 Å². The molecule has 0 fully saturated rings. The third-order valence-corrected chi connectivity index (χ3v) is 4.30. The Hall–Kier alpha value is -2.18. The average Bonchev–Trinajstić information content (AvgIpc) is 2.91. The number of fused-ring (bicyclic) bond motifs is 1. The molecule has 0 aliphatic carbocycles. The summed E-state index contributed by atoms with van der Waals surface area (Å²) in [4.78, 5) is 10.4. The number of rotatable bonds is 4. The number of hydrogen-bond acceptors (Lipinski definition) is 6. The Balaban J connectivity index is 2.09. The second-order valence-electron chi connectivity index (χ2n) is 4.54. The van der Waals surface area contributed by atoms with E-state index < -0.39 is 0 Å². The van der Waals surface area contributed by atoms with Gasteiger partial charge in [0.25, 0.3) is 0 Å². The molecule has 0 unspecified atom stereocenters. The average molecular weight is 301 g/mol. The molecule has 0 radical (unpaired) electrons. The number of nitrogen functional groups attached to an aromatic ring is 1. The van der Waals surface area contributed by atoms with E-state index in [9.17, 15) is 5.11 Å². The number of aliphatic hydroxyl groups excluding tert-OH is 1. The molecule has 0 aliphatic heterocycles. The summed E-state index contributed by atoms with van der Waals surface area (Å²) in [6.07, 6.45) is 0.924. The summed E-state index contributed by atoms with van der Waals surface area (Å²) < 4.78 is 5.87. The van der Waals surface area contributed by atoms with E-state index in [1.807, 2.05) is 24.3 Å². The third kappa shape index (κ3) is 2.68. The lowest BCUT2D eigenvalue weighted by atomic mass is 10.2. The first-order chi connectivity index (χ1) is 10.2. The number of thiophene rings is 1. The van der Waals surface area contributed by atoms with Crippen LogP contribution in [0.5, 0.6) is 11.6 Å². The molecule has 0 atom stereocenters. The summed E-state index contributed by atoms with van der Waals surface area (Å²) in [5.41, 5.74) is 6.46. The van der Waals surface area contributed by atoms with E-state index in [1.165, 1.54) is 4.88 Å². The molecular weight excluding hydrogens is 286 g/mol. The second kappa shape index (κ2) is 5.67. The first-order valence-corrected chi connectivity index (χ1v) is 7.45. The first-order valence-electron chi connectivity index (χ1n) is 6.63. The molecule has 0 amide bonds. The number of nitrogens with zero attached hydrogens (tertiary/aromatic N) is 2. The molecule has 0 bridgehead atoms. The Labute approximate surface area is 126 Å². The van der Waals surface area contributed by atoms with E-state index >= 15 is 0 Å². The number of aryl methyl sites for hydroxylation is 1. The van der Waals surface area contributed by atoms with Crippen LogP contribution >= 0.6 is 11.3 Å². The predicted molar refractivity (Wildman–Crippen MR) is 83.6 cm³/mol. The summed E-state index contributed by atoms with van der Waals surface area (Å²) in [5.74, 6) is 1.18. The van der Waals surface area contributed by atoms with Gasteiger partial charge in [-0.15, -0.1) is 11.3 Å². The summed E-state index contributed by atoms with van der Waals surface area (Å²) in [7, 11) is 0. The Morgan fingerprint density at radius 1 is 1.29 bits per heavy atom. The molecule has 3 rings (SSSR count). The van der Waals surface area contributed by atoms with Gasteiger partial charge in [0.2, 0.25) is 11.8 Å². The van der Waals surface area contributed by atoms with Crippen molar-refractivity contribution in [2.45, 2.75) is 20.0 Å². The van der Waals surface area contributed by atoms with E-state index in [2.05, 4.69) is 16.9 Å². The maximum atomic E-state index is 9.37. The minimum atomic E-state index is -0.0935. The van der Waals surface area contributed by atoms with Gasteiger partial charge in [0.1, 0.15) is 10.6 Å². The number of nitrogens with two attached hydrogens (primary N) is 1. The van der Waals surface area contributed by atoms with E-state index in [1.54, 1.807) is 17.4 Å². The van der Waals surface area contributed by atoms with Crippen LogP contribution in [0.25, 0.3) is 10.2 Å². The van der Waals surface area contributed by atoms with Crippen LogP contribution in [0.4, 0.5) is 5.95 Å². The normalized spacial score (nSPS) is 11.0. The predicted octanol–water partition coefficient (Wildman–Crippen LogP) is 3.12. The number of aliphatic hydroxyl groups is 1. The first kappa shape index (κ1) is 13.8. The summed E-state index contributed by atoms with van der Waals surface area (Å²) in [5, 5.41) is 10.2. The van der Waals surface area contributed by atoms with Crippen molar-refractivity contribution in [2.75, 3.05) is 5.73 Å². The van der Waals surface area contributed by atoms with E-state index in [0.29, 0.717) is 17.2 Å². The van der Waals surface area contributed by atoms with Crippen LogP contribution in [0.1, 0.15) is 17.4 Å². The summed E-state index contributed by atoms with van der Waals surface area (Å²) >= 11 is 1.59. The van der Waals surface area contributed by atoms with Gasteiger partial charge < -0.3 is 15.6 Å². The third-order valence-electron chi connectivity index (χ3n) is 3.12. The number of para-hydroxylation sites is 1. The fourth-order valence-corrected chi connectivity index (χ4v) is 3.02. The van der Waals surface area contributed by atoms with Crippen molar-refractivity contribution in [3.63, 3.8) is 0 Å². The Morgan fingerprint density at radius 2 is 2.10 bits per heavy atom. The van der Waals surface area contributed by atoms with Gasteiger partial charge >= 0.3 is 0 Å². The quantitative estimate of drug-likeness (QED) is 0.773. The second-order valence-corrected chi connectivity index (χ2v) is 5.66. The molecule has 3 aromatic rings. The highest BCUT2D eigenvalue weighted by Gasteiger charge is 2.13. The number of ether oxygens (including phenoxy) is 1. The van der Waals surface area contributed by atoms with Crippen LogP contribution in [0.2, 0.25) is 0 Å². The Morgan fingerprint density at radius 3 is 2.86 bits per heavy atom. The van der Waals surface area contributed by atoms with Gasteiger partial charge in [-0.1, -0.05) is 25.1 Å². The maximum absolute atomic E-state index is 9.37. The van der Waals surface area contributed by atoms with Crippen LogP contribution < -0.4 is 10.5 Å². The monoisotopic (exact) mass is 301 g/mol. The van der Waals surface area contributed by atoms with Crippen LogP contribution in [-0.4, -0.2) is 15.1 Å². The van der Waals surface area contributed by atoms with E-state index in [0.717, 1.165) is 16.6 Å². The molecule has 108 valence electrons. The largest absolute Gasteiger partial charge is 0.438 e. The van der Waals surface area contributed by atoms with Gasteiger partial charge in [-0.2, -0.15) is 4.98 Å². The molecule has 3 N–H and O–H groups in total. The standard InChI is InChI=1S/C15H15N3O2S/c1-2-10-7-11-13(17-15(16)18-14(11)21-10)20-12-6-4-3-5-9(12)8-19/h3-7,19H,2,8H2,1H3,(H2,16,17,18). The molecule has 21 heavy (non-hydrogen) atoms.